The molecular formula is C16H21N3O3. The number of fused-ring (bicyclic) bond motifs is 1. The van der Waals surface area contributed by atoms with Crippen LogP contribution >= 0.6 is 0 Å². The van der Waals surface area contributed by atoms with Gasteiger partial charge in [0.2, 0.25) is 5.91 Å². The van der Waals surface area contributed by atoms with Gasteiger partial charge in [-0.2, -0.15) is 0 Å². The zero-order valence-electron chi connectivity index (χ0n) is 12.4. The lowest BCUT2D eigenvalue weighted by Gasteiger charge is -2.19. The van der Waals surface area contributed by atoms with Crippen LogP contribution in [-0.4, -0.2) is 59.6 Å². The lowest BCUT2D eigenvalue weighted by atomic mass is 10.2. The molecule has 1 aliphatic heterocycles. The van der Waals surface area contributed by atoms with Crippen LogP contribution in [0.25, 0.3) is 11.0 Å². The molecule has 1 amide bonds. The number of β-amino-alcohol motifs (C(OH)–C–C–N with tert-alkyl or cyclic N) is 1. The number of hydrogen-bond acceptors (Lipinski definition) is 5. The van der Waals surface area contributed by atoms with Gasteiger partial charge in [0, 0.05) is 31.6 Å². The molecule has 118 valence electrons. The van der Waals surface area contributed by atoms with E-state index >= 15 is 0 Å². The minimum atomic E-state index is -0.494. The average molecular weight is 303 g/mol. The molecule has 0 unspecified atom stereocenters. The van der Waals surface area contributed by atoms with E-state index in [1.807, 2.05) is 35.2 Å². The van der Waals surface area contributed by atoms with E-state index < -0.39 is 6.10 Å². The third kappa shape index (κ3) is 3.65. The Bertz CT molecular complexity index is 622. The highest BCUT2D eigenvalue weighted by Gasteiger charge is 2.22. The minimum Gasteiger partial charge on any atom is -0.460 e. The number of aliphatic hydroxyl groups excluding tert-OH is 1. The number of benzene rings is 1. The first kappa shape index (κ1) is 15.0. The molecule has 1 atom stereocenters. The summed E-state index contributed by atoms with van der Waals surface area (Å²) in [6.07, 6.45) is -0.494. The normalized spacial score (nSPS) is 21.0. The Balaban J connectivity index is 1.65. The van der Waals surface area contributed by atoms with Crippen molar-refractivity contribution in [3.05, 3.63) is 36.1 Å². The predicted molar refractivity (Wildman–Crippen MR) is 83.1 cm³/mol. The number of furan rings is 1. The van der Waals surface area contributed by atoms with Crippen molar-refractivity contribution in [3.63, 3.8) is 0 Å². The van der Waals surface area contributed by atoms with E-state index in [2.05, 4.69) is 4.90 Å². The lowest BCUT2D eigenvalue weighted by molar-refractivity contribution is -0.119. The molecule has 1 aliphatic rings. The Hall–Kier alpha value is -1.89. The van der Waals surface area contributed by atoms with Crippen molar-refractivity contribution >= 4 is 16.9 Å². The number of carbonyl (C=O) groups excluding carboxylic acids is 1. The van der Waals surface area contributed by atoms with Gasteiger partial charge in [0.25, 0.3) is 0 Å². The Kier molecular flexibility index (Phi) is 4.42. The second-order valence-electron chi connectivity index (χ2n) is 5.84. The van der Waals surface area contributed by atoms with Crippen molar-refractivity contribution in [2.75, 3.05) is 32.7 Å². The molecule has 22 heavy (non-hydrogen) atoms. The average Bonchev–Trinajstić information content (AvgIpc) is 2.77. The van der Waals surface area contributed by atoms with Gasteiger partial charge in [-0.25, -0.2) is 0 Å². The highest BCUT2D eigenvalue weighted by Crippen LogP contribution is 2.20. The largest absolute Gasteiger partial charge is 0.460 e. The summed E-state index contributed by atoms with van der Waals surface area (Å²) in [5.74, 6) is 0.523. The van der Waals surface area contributed by atoms with E-state index in [1.54, 1.807) is 0 Å². The van der Waals surface area contributed by atoms with Crippen LogP contribution in [0, 0.1) is 0 Å². The first-order valence-corrected chi connectivity index (χ1v) is 7.48. The van der Waals surface area contributed by atoms with Gasteiger partial charge >= 0.3 is 0 Å². The number of nitrogens with two attached hydrogens (primary N) is 1. The van der Waals surface area contributed by atoms with Crippen molar-refractivity contribution in [2.24, 2.45) is 5.73 Å². The SMILES string of the molecule is NC(=O)CN1CCN(Cc2cc3ccccc3o2)C[C@@H](O)C1. The molecule has 3 N–H and O–H groups in total. The molecule has 0 bridgehead atoms. The number of rotatable bonds is 4. The van der Waals surface area contributed by atoms with Crippen molar-refractivity contribution in [1.82, 2.24) is 9.80 Å². The summed E-state index contributed by atoms with van der Waals surface area (Å²) in [4.78, 5) is 15.1. The first-order valence-electron chi connectivity index (χ1n) is 7.48. The molecule has 1 fully saturated rings. The van der Waals surface area contributed by atoms with Gasteiger partial charge in [-0.05, 0) is 12.1 Å². The summed E-state index contributed by atoms with van der Waals surface area (Å²) in [6.45, 7) is 3.35. The van der Waals surface area contributed by atoms with Crippen LogP contribution in [0.3, 0.4) is 0 Å². The van der Waals surface area contributed by atoms with Crippen LogP contribution in [-0.2, 0) is 11.3 Å². The van der Waals surface area contributed by atoms with E-state index in [1.165, 1.54) is 0 Å². The maximum absolute atomic E-state index is 11.0. The van der Waals surface area contributed by atoms with Crippen LogP contribution in [0.1, 0.15) is 5.76 Å². The maximum Gasteiger partial charge on any atom is 0.231 e. The molecule has 0 spiro atoms. The topological polar surface area (TPSA) is 82.9 Å². The minimum absolute atomic E-state index is 0.190. The maximum atomic E-state index is 11.0. The number of nitrogens with zero attached hydrogens (tertiary/aromatic N) is 2. The van der Waals surface area contributed by atoms with E-state index in [0.717, 1.165) is 23.3 Å². The van der Waals surface area contributed by atoms with E-state index in [9.17, 15) is 9.90 Å². The summed E-state index contributed by atoms with van der Waals surface area (Å²) in [7, 11) is 0. The summed E-state index contributed by atoms with van der Waals surface area (Å²) in [5, 5.41) is 11.2. The third-order valence-electron chi connectivity index (χ3n) is 3.91. The van der Waals surface area contributed by atoms with E-state index in [-0.39, 0.29) is 12.5 Å². The molecule has 0 radical (unpaired) electrons. The summed E-state index contributed by atoms with van der Waals surface area (Å²) in [5.41, 5.74) is 6.11. The van der Waals surface area contributed by atoms with Crippen LogP contribution < -0.4 is 5.73 Å². The molecular weight excluding hydrogens is 282 g/mol. The number of hydrogen-bond donors (Lipinski definition) is 2. The van der Waals surface area contributed by atoms with Gasteiger partial charge in [-0.15, -0.1) is 0 Å². The Labute approximate surface area is 129 Å². The quantitative estimate of drug-likeness (QED) is 0.854. The van der Waals surface area contributed by atoms with Crippen molar-refractivity contribution in [2.45, 2.75) is 12.6 Å². The fourth-order valence-electron chi connectivity index (χ4n) is 2.96. The number of amides is 1. The molecule has 2 heterocycles. The Morgan fingerprint density at radius 3 is 2.77 bits per heavy atom. The monoisotopic (exact) mass is 303 g/mol. The predicted octanol–water partition coefficient (Wildman–Crippen LogP) is 0.397. The van der Waals surface area contributed by atoms with Gasteiger partial charge in [0.1, 0.15) is 11.3 Å². The molecule has 1 aromatic heterocycles. The van der Waals surface area contributed by atoms with Crippen molar-refractivity contribution in [1.29, 1.82) is 0 Å². The third-order valence-corrected chi connectivity index (χ3v) is 3.91. The van der Waals surface area contributed by atoms with Crippen LogP contribution in [0.5, 0.6) is 0 Å². The lowest BCUT2D eigenvalue weighted by Crippen LogP contribution is -2.38. The highest BCUT2D eigenvalue weighted by atomic mass is 16.3. The van der Waals surface area contributed by atoms with Crippen LogP contribution in [0.15, 0.2) is 34.7 Å². The molecule has 6 heteroatoms. The molecule has 0 saturated carbocycles. The summed E-state index contributed by atoms with van der Waals surface area (Å²) < 4.78 is 5.83. The summed E-state index contributed by atoms with van der Waals surface area (Å²) >= 11 is 0. The second-order valence-corrected chi connectivity index (χ2v) is 5.84. The van der Waals surface area contributed by atoms with Gasteiger partial charge < -0.3 is 15.3 Å². The Morgan fingerprint density at radius 2 is 2.00 bits per heavy atom. The number of para-hydroxylation sites is 1. The molecule has 2 aromatic rings. The number of aliphatic hydroxyl groups is 1. The fraction of sp³-hybridized carbons (Fsp3) is 0.438. The van der Waals surface area contributed by atoms with Crippen molar-refractivity contribution < 1.29 is 14.3 Å². The number of carbonyl (C=O) groups is 1. The van der Waals surface area contributed by atoms with Gasteiger partial charge in [0.05, 0.1) is 19.2 Å². The first-order chi connectivity index (χ1) is 10.6. The van der Waals surface area contributed by atoms with Gasteiger partial charge in [-0.1, -0.05) is 18.2 Å². The molecule has 1 saturated heterocycles. The Morgan fingerprint density at radius 1 is 1.27 bits per heavy atom. The standard InChI is InChI=1S/C16H21N3O3/c17-16(21)11-19-6-5-18(8-13(20)9-19)10-14-7-12-3-1-2-4-15(12)22-14/h1-4,7,13,20H,5-6,8-11H2,(H2,17,21)/t13-/m1/s1. The second kappa shape index (κ2) is 6.48. The fourth-order valence-corrected chi connectivity index (χ4v) is 2.96. The number of primary amides is 1. The highest BCUT2D eigenvalue weighted by molar-refractivity contribution is 5.77. The zero-order valence-corrected chi connectivity index (χ0v) is 12.4. The van der Waals surface area contributed by atoms with Crippen LogP contribution in [0.4, 0.5) is 0 Å². The smallest absolute Gasteiger partial charge is 0.231 e. The van der Waals surface area contributed by atoms with Crippen LogP contribution in [0.2, 0.25) is 0 Å². The molecule has 3 rings (SSSR count). The molecule has 1 aromatic carbocycles. The molecule has 6 nitrogen and oxygen atoms in total. The zero-order chi connectivity index (χ0) is 15.5. The van der Waals surface area contributed by atoms with Gasteiger partial charge in [0.15, 0.2) is 0 Å². The molecule has 0 aliphatic carbocycles. The van der Waals surface area contributed by atoms with Crippen molar-refractivity contribution in [3.8, 4) is 0 Å². The van der Waals surface area contributed by atoms with E-state index in [0.29, 0.717) is 26.2 Å². The summed E-state index contributed by atoms with van der Waals surface area (Å²) in [6, 6.07) is 9.94. The van der Waals surface area contributed by atoms with E-state index in [4.69, 9.17) is 10.2 Å². The van der Waals surface area contributed by atoms with Gasteiger partial charge in [-0.3, -0.25) is 14.6 Å².